The lowest BCUT2D eigenvalue weighted by Gasteiger charge is -2.08. The van der Waals surface area contributed by atoms with Crippen LogP contribution in [-0.2, 0) is 15.0 Å². The second-order valence-corrected chi connectivity index (χ2v) is 5.67. The Hall–Kier alpha value is -1.64. The molecule has 7 nitrogen and oxygen atoms in total. The number of hydrogen-bond donors (Lipinski definition) is 4. The molecule has 0 radical (unpaired) electrons. The van der Waals surface area contributed by atoms with E-state index in [-0.39, 0.29) is 5.91 Å². The minimum absolute atomic E-state index is 0.116. The summed E-state index contributed by atoms with van der Waals surface area (Å²) >= 11 is 0. The molecule has 0 aliphatic carbocycles. The second-order valence-electron chi connectivity index (χ2n) is 4.38. The molecule has 1 amide bonds. The summed E-state index contributed by atoms with van der Waals surface area (Å²) in [5.74, 6) is -0.116. The number of amides is 1. The lowest BCUT2D eigenvalue weighted by Crippen LogP contribution is -2.21. The van der Waals surface area contributed by atoms with E-state index in [1.165, 1.54) is 6.07 Å². The molecule has 6 N–H and O–H groups in total. The smallest absolute Gasteiger partial charge is 0.296 e. The lowest BCUT2D eigenvalue weighted by molar-refractivity contribution is -0.116. The van der Waals surface area contributed by atoms with Crippen molar-refractivity contribution in [1.82, 2.24) is 0 Å². The third kappa shape index (κ3) is 7.07. The first-order valence-corrected chi connectivity index (χ1v) is 7.86. The van der Waals surface area contributed by atoms with Crippen molar-refractivity contribution in [3.63, 3.8) is 0 Å². The summed E-state index contributed by atoms with van der Waals surface area (Å²) in [6.07, 6.45) is 3.00. The summed E-state index contributed by atoms with van der Waals surface area (Å²) in [6, 6.07) is 6.34. The van der Waals surface area contributed by atoms with E-state index in [1.54, 1.807) is 18.2 Å². The third-order valence-electron chi connectivity index (χ3n) is 2.51. The summed E-state index contributed by atoms with van der Waals surface area (Å²) < 4.78 is 24.0. The van der Waals surface area contributed by atoms with Crippen molar-refractivity contribution in [2.24, 2.45) is 10.9 Å². The Morgan fingerprint density at radius 2 is 1.85 bits per heavy atom. The number of benzene rings is 1. The first-order chi connectivity index (χ1) is 9.40. The van der Waals surface area contributed by atoms with Gasteiger partial charge in [-0.25, -0.2) is 5.14 Å². The van der Waals surface area contributed by atoms with E-state index in [2.05, 4.69) is 10.0 Å². The molecule has 0 spiro atoms. The summed E-state index contributed by atoms with van der Waals surface area (Å²) in [5, 5.41) is 7.58. The highest BCUT2D eigenvalue weighted by Gasteiger charge is 2.05. The van der Waals surface area contributed by atoms with Gasteiger partial charge in [-0.3, -0.25) is 9.52 Å². The van der Waals surface area contributed by atoms with E-state index in [0.717, 1.165) is 19.3 Å². The van der Waals surface area contributed by atoms with Crippen LogP contribution in [0.5, 0.6) is 0 Å². The maximum absolute atomic E-state index is 11.7. The Morgan fingerprint density at radius 3 is 2.50 bits per heavy atom. The largest absolute Gasteiger partial charge is 0.330 e. The predicted molar refractivity (Wildman–Crippen MR) is 79.3 cm³/mol. The molecule has 0 unspecified atom stereocenters. The van der Waals surface area contributed by atoms with E-state index >= 15 is 0 Å². The van der Waals surface area contributed by atoms with Gasteiger partial charge in [0.2, 0.25) is 5.91 Å². The molecule has 0 aliphatic rings. The fourth-order valence-corrected chi connectivity index (χ4v) is 2.11. The van der Waals surface area contributed by atoms with E-state index in [0.29, 0.717) is 24.3 Å². The predicted octanol–water partition coefficient (Wildman–Crippen LogP) is 0.760. The number of nitrogens with one attached hydrogen (secondary N) is 2. The van der Waals surface area contributed by atoms with Crippen molar-refractivity contribution in [1.29, 1.82) is 0 Å². The molecule has 1 rings (SSSR count). The molecule has 1 aromatic carbocycles. The molecular formula is C12H20N4O3S. The number of nitrogens with two attached hydrogens (primary N) is 2. The van der Waals surface area contributed by atoms with Gasteiger partial charge in [0, 0.05) is 12.1 Å². The van der Waals surface area contributed by atoms with Gasteiger partial charge in [-0.15, -0.1) is 0 Å². The molecule has 0 saturated heterocycles. The van der Waals surface area contributed by atoms with Crippen LogP contribution in [-0.4, -0.2) is 20.9 Å². The zero-order valence-electron chi connectivity index (χ0n) is 11.1. The van der Waals surface area contributed by atoms with Crippen LogP contribution in [0.1, 0.15) is 25.7 Å². The maximum atomic E-state index is 11.7. The lowest BCUT2D eigenvalue weighted by atomic mass is 10.2. The summed E-state index contributed by atoms with van der Waals surface area (Å²) in [7, 11) is -3.82. The van der Waals surface area contributed by atoms with Crippen molar-refractivity contribution in [3.8, 4) is 0 Å². The van der Waals surface area contributed by atoms with Crippen LogP contribution in [0.15, 0.2) is 24.3 Å². The molecule has 0 aliphatic heterocycles. The van der Waals surface area contributed by atoms with Crippen LogP contribution in [0.25, 0.3) is 0 Å². The van der Waals surface area contributed by atoms with E-state index in [9.17, 15) is 13.2 Å². The van der Waals surface area contributed by atoms with Gasteiger partial charge in [0.05, 0.1) is 5.69 Å². The standard InChI is InChI=1S/C12H20N4O3S/c13-8-3-1-2-7-12(17)15-10-5-4-6-11(9-10)16-20(14,18)19/h4-6,9,16H,1-3,7-8,13H2,(H,15,17)(H2,14,18,19). The van der Waals surface area contributed by atoms with Crippen LogP contribution >= 0.6 is 0 Å². The summed E-state index contributed by atoms with van der Waals surface area (Å²) in [6.45, 7) is 0.628. The Kier molecular flexibility index (Phi) is 6.43. The van der Waals surface area contributed by atoms with Crippen molar-refractivity contribution in [2.75, 3.05) is 16.6 Å². The van der Waals surface area contributed by atoms with Gasteiger partial charge in [-0.2, -0.15) is 8.42 Å². The first-order valence-electron chi connectivity index (χ1n) is 6.31. The van der Waals surface area contributed by atoms with Crippen LogP contribution < -0.4 is 20.9 Å². The highest BCUT2D eigenvalue weighted by Crippen LogP contribution is 2.16. The molecule has 20 heavy (non-hydrogen) atoms. The van der Waals surface area contributed by atoms with Gasteiger partial charge >= 0.3 is 0 Å². The molecule has 112 valence electrons. The van der Waals surface area contributed by atoms with Gasteiger partial charge in [0.1, 0.15) is 0 Å². The quantitative estimate of drug-likeness (QED) is 0.528. The number of hydrogen-bond acceptors (Lipinski definition) is 4. The molecule has 0 heterocycles. The molecule has 0 fully saturated rings. The maximum Gasteiger partial charge on any atom is 0.296 e. The minimum atomic E-state index is -3.82. The average Bonchev–Trinajstić information content (AvgIpc) is 2.33. The second kappa shape index (κ2) is 7.83. The Bertz CT molecular complexity index is 545. The van der Waals surface area contributed by atoms with Crippen molar-refractivity contribution < 1.29 is 13.2 Å². The van der Waals surface area contributed by atoms with Gasteiger partial charge < -0.3 is 11.1 Å². The Labute approximate surface area is 118 Å². The number of rotatable bonds is 8. The number of unbranched alkanes of at least 4 members (excludes halogenated alkanes) is 2. The molecule has 0 saturated carbocycles. The normalized spacial score (nSPS) is 11.1. The Balaban J connectivity index is 2.51. The fraction of sp³-hybridized carbons (Fsp3) is 0.417. The summed E-state index contributed by atoms with van der Waals surface area (Å²) in [4.78, 5) is 11.7. The van der Waals surface area contributed by atoms with E-state index in [4.69, 9.17) is 10.9 Å². The van der Waals surface area contributed by atoms with Crippen molar-refractivity contribution in [2.45, 2.75) is 25.7 Å². The molecule has 0 atom stereocenters. The number of carbonyl (C=O) groups excluding carboxylic acids is 1. The topological polar surface area (TPSA) is 127 Å². The SMILES string of the molecule is NCCCCCC(=O)Nc1cccc(NS(N)(=O)=O)c1. The van der Waals surface area contributed by atoms with Crippen molar-refractivity contribution >= 4 is 27.5 Å². The number of anilines is 2. The average molecular weight is 300 g/mol. The monoisotopic (exact) mass is 300 g/mol. The van der Waals surface area contributed by atoms with Gasteiger partial charge in [-0.1, -0.05) is 12.5 Å². The van der Waals surface area contributed by atoms with Gasteiger partial charge in [0.15, 0.2) is 0 Å². The van der Waals surface area contributed by atoms with Crippen LogP contribution in [0.2, 0.25) is 0 Å². The Morgan fingerprint density at radius 1 is 1.15 bits per heavy atom. The van der Waals surface area contributed by atoms with Crippen molar-refractivity contribution in [3.05, 3.63) is 24.3 Å². The molecule has 0 bridgehead atoms. The van der Waals surface area contributed by atoms with Gasteiger partial charge in [-0.05, 0) is 37.6 Å². The van der Waals surface area contributed by atoms with E-state index < -0.39 is 10.2 Å². The van der Waals surface area contributed by atoms with Crippen LogP contribution in [0.3, 0.4) is 0 Å². The molecular weight excluding hydrogens is 280 g/mol. The number of carbonyl (C=O) groups is 1. The van der Waals surface area contributed by atoms with Gasteiger partial charge in [0.25, 0.3) is 10.2 Å². The van der Waals surface area contributed by atoms with Crippen LogP contribution in [0.4, 0.5) is 11.4 Å². The van der Waals surface area contributed by atoms with E-state index in [1.807, 2.05) is 0 Å². The van der Waals surface area contributed by atoms with Crippen LogP contribution in [0, 0.1) is 0 Å². The first kappa shape index (κ1) is 16.4. The molecule has 8 heteroatoms. The highest BCUT2D eigenvalue weighted by atomic mass is 32.2. The molecule has 0 aromatic heterocycles. The summed E-state index contributed by atoms with van der Waals surface area (Å²) in [5.41, 5.74) is 6.18. The highest BCUT2D eigenvalue weighted by molar-refractivity contribution is 7.90. The molecule has 1 aromatic rings. The fourth-order valence-electron chi connectivity index (χ4n) is 1.65. The zero-order chi connectivity index (χ0) is 15.0. The minimum Gasteiger partial charge on any atom is -0.330 e. The third-order valence-corrected chi connectivity index (χ3v) is 3.03. The zero-order valence-corrected chi connectivity index (χ0v) is 11.9.